The molecule has 5 heteroatoms. The molecule has 0 amide bonds. The SMILES string of the molecule is SSSS.[Co]. The predicted octanol–water partition coefficient (Wildman–Crippen LogP) is 2.05. The van der Waals surface area contributed by atoms with Crippen LogP contribution >= 0.6 is 43.0 Å². The van der Waals surface area contributed by atoms with E-state index >= 15 is 0 Å². The first-order valence-electron chi connectivity index (χ1n) is 0.532. The van der Waals surface area contributed by atoms with Crippen LogP contribution in [0.2, 0.25) is 0 Å². The van der Waals surface area contributed by atoms with Crippen LogP contribution in [-0.2, 0) is 16.8 Å². The van der Waals surface area contributed by atoms with E-state index in [1.54, 1.807) is 0 Å². The summed E-state index contributed by atoms with van der Waals surface area (Å²) in [6.07, 6.45) is 0. The Balaban J connectivity index is 0. The molecular formula is H2CoS4. The van der Waals surface area contributed by atoms with Crippen LogP contribution in [0.5, 0.6) is 0 Å². The fourth-order valence-corrected chi connectivity index (χ4v) is 0. The molecule has 0 nitrogen and oxygen atoms in total. The van der Waals surface area contributed by atoms with Crippen LogP contribution in [0.15, 0.2) is 0 Å². The Labute approximate surface area is 59.5 Å². The molecule has 0 aliphatic heterocycles. The Morgan fingerprint density at radius 2 is 1.20 bits per heavy atom. The molecule has 0 saturated heterocycles. The van der Waals surface area contributed by atoms with Crippen LogP contribution in [0.4, 0.5) is 0 Å². The minimum absolute atomic E-state index is 0. The summed E-state index contributed by atoms with van der Waals surface area (Å²) < 4.78 is 0. The van der Waals surface area contributed by atoms with Crippen molar-refractivity contribution in [1.82, 2.24) is 0 Å². The van der Waals surface area contributed by atoms with Gasteiger partial charge in [0.05, 0.1) is 0 Å². The number of hydrogen-bond donors (Lipinski definition) is 2. The molecule has 1 radical (unpaired) electrons. The van der Waals surface area contributed by atoms with Gasteiger partial charge in [-0.3, -0.25) is 0 Å². The fraction of sp³-hybridized carbons (Fsp3) is 0. The molecule has 5 heavy (non-hydrogen) atoms. The molecule has 0 aromatic heterocycles. The van der Waals surface area contributed by atoms with Gasteiger partial charge in [0.25, 0.3) is 0 Å². The molecule has 0 heterocycles. The smallest absolute Gasteiger partial charge is 0 e. The van der Waals surface area contributed by atoms with Crippen molar-refractivity contribution in [3.63, 3.8) is 0 Å². The fourth-order valence-electron chi connectivity index (χ4n) is 0. The maximum absolute atomic E-state index is 3.72. The van der Waals surface area contributed by atoms with Gasteiger partial charge >= 0.3 is 0 Å². The van der Waals surface area contributed by atoms with E-state index < -0.39 is 0 Å². The van der Waals surface area contributed by atoms with Gasteiger partial charge in [0.15, 0.2) is 0 Å². The number of thiol groups is 2. The number of hydrogen-bond acceptors (Lipinski definition) is 4. The van der Waals surface area contributed by atoms with Crippen molar-refractivity contribution in [1.29, 1.82) is 0 Å². The Kier molecular flexibility index (Phi) is 18.7. The molecular weight excluding hydrogens is 187 g/mol. The molecule has 35 valence electrons. The summed E-state index contributed by atoms with van der Waals surface area (Å²) in [6, 6.07) is 0. The summed E-state index contributed by atoms with van der Waals surface area (Å²) in [7, 11) is 2.66. The van der Waals surface area contributed by atoms with Crippen LogP contribution in [0, 0.1) is 0 Å². The second-order valence-corrected chi connectivity index (χ2v) is 4.02. The zero-order chi connectivity index (χ0) is 3.41. The third-order valence-corrected chi connectivity index (χ3v) is 2.70. The summed E-state index contributed by atoms with van der Waals surface area (Å²) in [6.45, 7) is 0. The van der Waals surface area contributed by atoms with E-state index in [1.165, 1.54) is 19.7 Å². The first kappa shape index (κ1) is 10.0. The van der Waals surface area contributed by atoms with Crippen molar-refractivity contribution in [2.45, 2.75) is 0 Å². The van der Waals surface area contributed by atoms with Crippen molar-refractivity contribution in [3.05, 3.63) is 0 Å². The van der Waals surface area contributed by atoms with E-state index in [1.807, 2.05) is 0 Å². The quantitative estimate of drug-likeness (QED) is 0.478. The molecule has 0 N–H and O–H groups in total. The maximum Gasteiger partial charge on any atom is 0 e. The minimum Gasteiger partial charge on any atom is -0.0989 e. The van der Waals surface area contributed by atoms with E-state index in [0.717, 1.165) is 0 Å². The van der Waals surface area contributed by atoms with Gasteiger partial charge in [-0.05, 0) is 19.7 Å². The second kappa shape index (κ2) is 9.32. The monoisotopic (exact) mass is 189 g/mol. The standard InChI is InChI=1S/Co.H2S4/c;1-3-4-2/h;1-2H. The van der Waals surface area contributed by atoms with Crippen molar-refractivity contribution in [3.8, 4) is 0 Å². The molecule has 0 fully saturated rings. The molecule has 0 aromatic rings. The summed E-state index contributed by atoms with van der Waals surface area (Å²) in [5.41, 5.74) is 0. The van der Waals surface area contributed by atoms with Gasteiger partial charge in [-0.25, -0.2) is 0 Å². The first-order valence-corrected chi connectivity index (χ1v) is 4.79. The summed E-state index contributed by atoms with van der Waals surface area (Å²) >= 11 is 7.45. The van der Waals surface area contributed by atoms with Gasteiger partial charge in [-0.15, -0.1) is 0 Å². The molecule has 0 aromatic carbocycles. The second-order valence-electron chi connectivity index (χ2n) is 0.149. The largest absolute Gasteiger partial charge is 0.0989 e. The molecule has 0 unspecified atom stereocenters. The van der Waals surface area contributed by atoms with Gasteiger partial charge in [0.1, 0.15) is 0 Å². The molecule has 0 atom stereocenters. The third kappa shape index (κ3) is 10.7. The van der Waals surface area contributed by atoms with Crippen molar-refractivity contribution < 1.29 is 16.8 Å². The topological polar surface area (TPSA) is 0 Å². The average molecular weight is 189 g/mol. The summed E-state index contributed by atoms with van der Waals surface area (Å²) in [5, 5.41) is 0. The van der Waals surface area contributed by atoms with E-state index in [2.05, 4.69) is 23.3 Å². The van der Waals surface area contributed by atoms with Gasteiger partial charge in [0.2, 0.25) is 0 Å². The first-order chi connectivity index (χ1) is 1.91. The van der Waals surface area contributed by atoms with Crippen molar-refractivity contribution >= 4 is 43.0 Å². The van der Waals surface area contributed by atoms with E-state index in [-0.39, 0.29) is 16.8 Å². The third-order valence-electron chi connectivity index (χ3n) is 0.0333. The molecule has 0 aliphatic rings. The van der Waals surface area contributed by atoms with Gasteiger partial charge in [-0.1, -0.05) is 23.3 Å². The zero-order valence-electron chi connectivity index (χ0n) is 2.04. The van der Waals surface area contributed by atoms with Crippen LogP contribution in [0.25, 0.3) is 0 Å². The minimum atomic E-state index is 0. The van der Waals surface area contributed by atoms with Crippen LogP contribution in [0.3, 0.4) is 0 Å². The van der Waals surface area contributed by atoms with Crippen molar-refractivity contribution in [2.75, 3.05) is 0 Å². The van der Waals surface area contributed by atoms with Gasteiger partial charge < -0.3 is 0 Å². The summed E-state index contributed by atoms with van der Waals surface area (Å²) in [5.74, 6) is 0. The van der Waals surface area contributed by atoms with Gasteiger partial charge in [-0.2, -0.15) is 0 Å². The Morgan fingerprint density at radius 1 is 1.00 bits per heavy atom. The van der Waals surface area contributed by atoms with E-state index in [0.29, 0.717) is 0 Å². The summed E-state index contributed by atoms with van der Waals surface area (Å²) in [4.78, 5) is 0. The average Bonchev–Trinajstić information content (AvgIpc) is 1.37. The van der Waals surface area contributed by atoms with Gasteiger partial charge in [0, 0.05) is 16.8 Å². The molecule has 0 rings (SSSR count). The van der Waals surface area contributed by atoms with Crippen LogP contribution < -0.4 is 0 Å². The van der Waals surface area contributed by atoms with Crippen LogP contribution in [0.1, 0.15) is 0 Å². The maximum atomic E-state index is 3.72. The molecule has 0 bridgehead atoms. The Hall–Kier alpha value is 1.91. The van der Waals surface area contributed by atoms with Crippen LogP contribution in [-0.4, -0.2) is 0 Å². The van der Waals surface area contributed by atoms with E-state index in [4.69, 9.17) is 0 Å². The van der Waals surface area contributed by atoms with Crippen molar-refractivity contribution in [2.24, 2.45) is 0 Å². The Bertz CT molecular complexity index is 5.61. The Morgan fingerprint density at radius 3 is 1.20 bits per heavy atom. The van der Waals surface area contributed by atoms with E-state index in [9.17, 15) is 0 Å². The molecule has 0 spiro atoms. The number of rotatable bonds is 1. The normalized spacial score (nSPS) is 6.00. The molecule has 0 saturated carbocycles. The zero-order valence-corrected chi connectivity index (χ0v) is 6.51. The molecule has 0 aliphatic carbocycles. The predicted molar refractivity (Wildman–Crippen MR) is 33.2 cm³/mol.